The van der Waals surface area contributed by atoms with Gasteiger partial charge in [-0.15, -0.1) is 5.10 Å². The number of ether oxygens (including phenoxy) is 1. The molecule has 1 aliphatic carbocycles. The van der Waals surface area contributed by atoms with Crippen LogP contribution in [0.15, 0.2) is 21.7 Å². The minimum atomic E-state index is -0.115. The van der Waals surface area contributed by atoms with Crippen molar-refractivity contribution in [1.29, 1.82) is 0 Å². The van der Waals surface area contributed by atoms with Crippen LogP contribution in [0.5, 0.6) is 5.75 Å². The standard InChI is InChI=1S/C18H22N2O2/c1-18(2)8-7-11-9-14-12-5-3-4-6-13(12)17(20-19)21-16(14)10-15(11)22-18/h9-10H,3-8,19H2,1-2H3/b20-17-. The molecule has 0 spiro atoms. The molecule has 1 aromatic carbocycles. The molecule has 116 valence electrons. The monoisotopic (exact) mass is 298 g/mol. The van der Waals surface area contributed by atoms with Crippen LogP contribution in [-0.4, -0.2) is 5.60 Å². The van der Waals surface area contributed by atoms with Gasteiger partial charge in [0.2, 0.25) is 5.55 Å². The summed E-state index contributed by atoms with van der Waals surface area (Å²) in [6.07, 6.45) is 6.58. The van der Waals surface area contributed by atoms with Crippen molar-refractivity contribution >= 4 is 11.0 Å². The molecule has 0 saturated carbocycles. The summed E-state index contributed by atoms with van der Waals surface area (Å²) in [6, 6.07) is 4.28. The first kappa shape index (κ1) is 13.7. The van der Waals surface area contributed by atoms with Crippen LogP contribution in [0.25, 0.3) is 11.0 Å². The maximum atomic E-state index is 6.12. The molecule has 22 heavy (non-hydrogen) atoms. The van der Waals surface area contributed by atoms with Gasteiger partial charge in [0.1, 0.15) is 16.9 Å². The summed E-state index contributed by atoms with van der Waals surface area (Å²) >= 11 is 0. The number of benzene rings is 1. The van der Waals surface area contributed by atoms with Crippen LogP contribution in [0.3, 0.4) is 0 Å². The van der Waals surface area contributed by atoms with Crippen LogP contribution in [0, 0.1) is 0 Å². The molecule has 0 unspecified atom stereocenters. The number of aryl methyl sites for hydroxylation is 2. The summed E-state index contributed by atoms with van der Waals surface area (Å²) in [5, 5.41) is 5.08. The fraction of sp³-hybridized carbons (Fsp3) is 0.500. The summed E-state index contributed by atoms with van der Waals surface area (Å²) in [6.45, 7) is 4.26. The van der Waals surface area contributed by atoms with Crippen molar-refractivity contribution in [3.63, 3.8) is 0 Å². The fourth-order valence-electron chi connectivity index (χ4n) is 3.71. The Bertz CT molecular complexity index is 818. The van der Waals surface area contributed by atoms with Gasteiger partial charge in [-0.3, -0.25) is 0 Å². The molecule has 1 aliphatic heterocycles. The Morgan fingerprint density at radius 2 is 1.86 bits per heavy atom. The molecule has 0 amide bonds. The molecular weight excluding hydrogens is 276 g/mol. The number of rotatable bonds is 0. The van der Waals surface area contributed by atoms with Gasteiger partial charge in [0.05, 0.1) is 0 Å². The lowest BCUT2D eigenvalue weighted by atomic mass is 9.88. The highest BCUT2D eigenvalue weighted by atomic mass is 16.5. The van der Waals surface area contributed by atoms with E-state index in [1.54, 1.807) is 0 Å². The Kier molecular flexibility index (Phi) is 2.96. The Morgan fingerprint density at radius 1 is 1.09 bits per heavy atom. The smallest absolute Gasteiger partial charge is 0.239 e. The Hall–Kier alpha value is -1.97. The van der Waals surface area contributed by atoms with E-state index in [2.05, 4.69) is 25.0 Å². The van der Waals surface area contributed by atoms with Gasteiger partial charge in [-0.25, -0.2) is 0 Å². The van der Waals surface area contributed by atoms with Gasteiger partial charge in [0, 0.05) is 17.0 Å². The van der Waals surface area contributed by atoms with E-state index >= 15 is 0 Å². The van der Waals surface area contributed by atoms with Gasteiger partial charge >= 0.3 is 0 Å². The largest absolute Gasteiger partial charge is 0.487 e. The molecule has 2 aliphatic rings. The maximum absolute atomic E-state index is 6.12. The minimum absolute atomic E-state index is 0.115. The van der Waals surface area contributed by atoms with E-state index in [1.165, 1.54) is 34.9 Å². The lowest BCUT2D eigenvalue weighted by Crippen LogP contribution is -2.32. The minimum Gasteiger partial charge on any atom is -0.487 e. The highest BCUT2D eigenvalue weighted by Gasteiger charge is 2.28. The van der Waals surface area contributed by atoms with Gasteiger partial charge in [-0.05, 0) is 69.6 Å². The predicted molar refractivity (Wildman–Crippen MR) is 85.6 cm³/mol. The van der Waals surface area contributed by atoms with E-state index in [4.69, 9.17) is 15.0 Å². The van der Waals surface area contributed by atoms with E-state index in [0.717, 1.165) is 37.0 Å². The zero-order chi connectivity index (χ0) is 15.3. The highest BCUT2D eigenvalue weighted by Crippen LogP contribution is 2.37. The first-order valence-electron chi connectivity index (χ1n) is 8.12. The number of hydrogen-bond donors (Lipinski definition) is 1. The predicted octanol–water partition coefficient (Wildman–Crippen LogP) is 3.19. The Labute approximate surface area is 130 Å². The summed E-state index contributed by atoms with van der Waals surface area (Å²) in [4.78, 5) is 0. The van der Waals surface area contributed by atoms with Crippen molar-refractivity contribution in [2.45, 2.75) is 58.0 Å². The summed E-state index contributed by atoms with van der Waals surface area (Å²) in [5.41, 5.74) is 5.14. The normalized spacial score (nSPS) is 20.4. The van der Waals surface area contributed by atoms with Gasteiger partial charge in [0.25, 0.3) is 0 Å². The first-order chi connectivity index (χ1) is 10.6. The lowest BCUT2D eigenvalue weighted by molar-refractivity contribution is 0.0848. The molecule has 1 aromatic heterocycles. The van der Waals surface area contributed by atoms with Crippen molar-refractivity contribution in [3.05, 3.63) is 34.4 Å². The van der Waals surface area contributed by atoms with Crippen molar-refractivity contribution in [1.82, 2.24) is 0 Å². The van der Waals surface area contributed by atoms with E-state index < -0.39 is 0 Å². The third-order valence-corrected chi connectivity index (χ3v) is 4.92. The number of hydrogen-bond acceptors (Lipinski definition) is 4. The molecule has 4 rings (SSSR count). The van der Waals surface area contributed by atoms with E-state index in [1.807, 2.05) is 6.07 Å². The molecule has 4 nitrogen and oxygen atoms in total. The second-order valence-electron chi connectivity index (χ2n) is 7.02. The summed E-state index contributed by atoms with van der Waals surface area (Å²) in [7, 11) is 0. The fourth-order valence-corrected chi connectivity index (χ4v) is 3.71. The molecule has 4 heteroatoms. The van der Waals surface area contributed by atoms with Crippen molar-refractivity contribution in [2.24, 2.45) is 10.9 Å². The topological polar surface area (TPSA) is 60.8 Å². The molecule has 0 bridgehead atoms. The average Bonchev–Trinajstić information content (AvgIpc) is 2.51. The van der Waals surface area contributed by atoms with Crippen LogP contribution >= 0.6 is 0 Å². The van der Waals surface area contributed by atoms with E-state index in [9.17, 15) is 0 Å². The van der Waals surface area contributed by atoms with Gasteiger partial charge in [-0.1, -0.05) is 0 Å². The molecule has 0 radical (unpaired) electrons. The zero-order valence-electron chi connectivity index (χ0n) is 13.2. The Morgan fingerprint density at radius 3 is 2.64 bits per heavy atom. The lowest BCUT2D eigenvalue weighted by Gasteiger charge is -2.33. The number of nitrogens with zero attached hydrogens (tertiary/aromatic N) is 1. The molecule has 0 saturated heterocycles. The van der Waals surface area contributed by atoms with Gasteiger partial charge in [-0.2, -0.15) is 0 Å². The van der Waals surface area contributed by atoms with Crippen molar-refractivity contribution < 1.29 is 9.15 Å². The van der Waals surface area contributed by atoms with Gasteiger partial charge < -0.3 is 15.0 Å². The SMILES string of the molecule is CC1(C)CCc2cc3c4c(/c(=N/N)oc3cc2O1)CCCC4. The van der Waals surface area contributed by atoms with Crippen LogP contribution in [0.2, 0.25) is 0 Å². The quantitative estimate of drug-likeness (QED) is 0.600. The van der Waals surface area contributed by atoms with Crippen LogP contribution in [0.1, 0.15) is 49.8 Å². The van der Waals surface area contributed by atoms with Crippen LogP contribution < -0.4 is 16.1 Å². The van der Waals surface area contributed by atoms with E-state index in [-0.39, 0.29) is 5.60 Å². The van der Waals surface area contributed by atoms with Gasteiger partial charge in [0.15, 0.2) is 0 Å². The molecule has 0 atom stereocenters. The summed E-state index contributed by atoms with van der Waals surface area (Å²) < 4.78 is 12.1. The third kappa shape index (κ3) is 2.09. The first-order valence-corrected chi connectivity index (χ1v) is 8.12. The maximum Gasteiger partial charge on any atom is 0.239 e. The van der Waals surface area contributed by atoms with Crippen LogP contribution in [0.4, 0.5) is 0 Å². The second kappa shape index (κ2) is 4.77. The number of fused-ring (bicyclic) bond motifs is 4. The number of nitrogens with two attached hydrogens (primary N) is 1. The van der Waals surface area contributed by atoms with Crippen molar-refractivity contribution in [3.8, 4) is 5.75 Å². The third-order valence-electron chi connectivity index (χ3n) is 4.92. The molecular formula is C18H22N2O2. The zero-order valence-corrected chi connectivity index (χ0v) is 13.2. The molecule has 2 heterocycles. The molecule has 2 aromatic rings. The second-order valence-corrected chi connectivity index (χ2v) is 7.02. The summed E-state index contributed by atoms with van der Waals surface area (Å²) in [5.74, 6) is 6.48. The van der Waals surface area contributed by atoms with Crippen molar-refractivity contribution in [2.75, 3.05) is 0 Å². The van der Waals surface area contributed by atoms with Crippen LogP contribution in [-0.2, 0) is 19.3 Å². The molecule has 2 N–H and O–H groups in total. The molecule has 0 fully saturated rings. The average molecular weight is 298 g/mol. The Balaban J connectivity index is 1.99. The highest BCUT2D eigenvalue weighted by molar-refractivity contribution is 5.84. The van der Waals surface area contributed by atoms with E-state index in [0.29, 0.717) is 5.55 Å².